The van der Waals surface area contributed by atoms with Crippen molar-refractivity contribution in [3.8, 4) is 28.1 Å². The van der Waals surface area contributed by atoms with Gasteiger partial charge in [0.25, 0.3) is 5.91 Å². The first-order valence-electron chi connectivity index (χ1n) is 11.2. The molecule has 6 rings (SSSR count). The zero-order valence-electron chi connectivity index (χ0n) is 18.1. The normalized spacial score (nSPS) is 15.1. The summed E-state index contributed by atoms with van der Waals surface area (Å²) in [6, 6.07) is 15.8. The van der Waals surface area contributed by atoms with Gasteiger partial charge in [-0.3, -0.25) is 19.4 Å². The zero-order chi connectivity index (χ0) is 22.2. The third kappa shape index (κ3) is 3.86. The van der Waals surface area contributed by atoms with E-state index in [1.807, 2.05) is 42.6 Å². The van der Waals surface area contributed by atoms with Crippen molar-refractivity contribution < 1.29 is 9.53 Å². The number of carbonyl (C=O) groups excluding carboxylic acids is 1. The number of fused-ring (bicyclic) bond motifs is 1. The maximum absolute atomic E-state index is 12.7. The van der Waals surface area contributed by atoms with Crippen LogP contribution in [0.25, 0.3) is 22.4 Å². The Morgan fingerprint density at radius 2 is 1.82 bits per heavy atom. The molecule has 1 aliphatic carbocycles. The molecule has 4 heterocycles. The Kier molecular flexibility index (Phi) is 4.87. The van der Waals surface area contributed by atoms with Crippen molar-refractivity contribution in [1.29, 1.82) is 0 Å². The minimum absolute atomic E-state index is 0.105. The lowest BCUT2D eigenvalue weighted by Gasteiger charge is -2.15. The number of ether oxygens (including phenoxy) is 1. The molecule has 33 heavy (non-hydrogen) atoms. The lowest BCUT2D eigenvalue weighted by atomic mass is 9.98. The van der Waals surface area contributed by atoms with E-state index in [2.05, 4.69) is 27.4 Å². The number of pyridine rings is 2. The Hall–Kier alpha value is -4.00. The van der Waals surface area contributed by atoms with Gasteiger partial charge in [-0.25, -0.2) is 0 Å². The second-order valence-corrected chi connectivity index (χ2v) is 8.47. The van der Waals surface area contributed by atoms with E-state index in [1.54, 1.807) is 17.1 Å². The maximum Gasteiger partial charge on any atom is 0.270 e. The van der Waals surface area contributed by atoms with Gasteiger partial charge in [0.2, 0.25) is 0 Å². The number of rotatable bonds is 6. The minimum atomic E-state index is -0.105. The van der Waals surface area contributed by atoms with E-state index in [4.69, 9.17) is 9.84 Å². The standard InChI is InChI=1S/C26H23N5O2/c32-26-25-23(24(20-9-11-27-12-10-20)30-31(25)14-13-28-26)19-4-6-21(7-5-19)33-16-17-1-8-22(29-15-17)18-2-3-18/h1,4-12,15,18H,2-3,13-14,16H2,(H,28,32). The van der Waals surface area contributed by atoms with Crippen LogP contribution in [0.5, 0.6) is 5.75 Å². The van der Waals surface area contributed by atoms with E-state index in [-0.39, 0.29) is 5.91 Å². The molecular formula is C26H23N5O2. The van der Waals surface area contributed by atoms with Crippen LogP contribution in [0, 0.1) is 0 Å². The van der Waals surface area contributed by atoms with Gasteiger partial charge in [-0.15, -0.1) is 0 Å². The predicted octanol–water partition coefficient (Wildman–Crippen LogP) is 4.21. The molecule has 1 aromatic carbocycles. The van der Waals surface area contributed by atoms with Gasteiger partial charge in [0, 0.05) is 53.4 Å². The summed E-state index contributed by atoms with van der Waals surface area (Å²) in [5.74, 6) is 1.31. The molecule has 0 bridgehead atoms. The van der Waals surface area contributed by atoms with Crippen molar-refractivity contribution in [3.63, 3.8) is 0 Å². The number of amides is 1. The molecule has 0 unspecified atom stereocenters. The van der Waals surface area contributed by atoms with E-state index >= 15 is 0 Å². The predicted molar refractivity (Wildman–Crippen MR) is 124 cm³/mol. The van der Waals surface area contributed by atoms with Crippen LogP contribution in [0.4, 0.5) is 0 Å². The topological polar surface area (TPSA) is 81.9 Å². The number of nitrogens with zero attached hydrogens (tertiary/aromatic N) is 4. The van der Waals surface area contributed by atoms with Crippen LogP contribution >= 0.6 is 0 Å². The molecular weight excluding hydrogens is 414 g/mol. The first-order chi connectivity index (χ1) is 16.3. The van der Waals surface area contributed by atoms with Crippen LogP contribution in [0.1, 0.15) is 40.5 Å². The van der Waals surface area contributed by atoms with Crippen molar-refractivity contribution in [2.45, 2.75) is 31.9 Å². The number of hydrogen-bond acceptors (Lipinski definition) is 5. The largest absolute Gasteiger partial charge is 0.489 e. The summed E-state index contributed by atoms with van der Waals surface area (Å²) in [5.41, 5.74) is 6.26. The average molecular weight is 438 g/mol. The van der Waals surface area contributed by atoms with Crippen LogP contribution in [0.3, 0.4) is 0 Å². The molecule has 3 aromatic heterocycles. The fourth-order valence-electron chi connectivity index (χ4n) is 4.23. The van der Waals surface area contributed by atoms with Gasteiger partial charge in [0.15, 0.2) is 0 Å². The third-order valence-corrected chi connectivity index (χ3v) is 6.12. The van der Waals surface area contributed by atoms with Crippen LogP contribution in [-0.2, 0) is 13.2 Å². The van der Waals surface area contributed by atoms with Crippen molar-refractivity contribution in [2.75, 3.05) is 6.54 Å². The van der Waals surface area contributed by atoms with Gasteiger partial charge in [-0.1, -0.05) is 18.2 Å². The monoisotopic (exact) mass is 437 g/mol. The Bertz CT molecular complexity index is 1290. The van der Waals surface area contributed by atoms with Gasteiger partial charge in [-0.05, 0) is 48.7 Å². The number of carbonyl (C=O) groups is 1. The second-order valence-electron chi connectivity index (χ2n) is 8.47. The summed E-state index contributed by atoms with van der Waals surface area (Å²) in [4.78, 5) is 21.4. The minimum Gasteiger partial charge on any atom is -0.489 e. The molecule has 0 saturated heterocycles. The SMILES string of the molecule is O=C1NCCn2nc(-c3ccncc3)c(-c3ccc(OCc4ccc(C5CC5)nc4)cc3)c21. The summed E-state index contributed by atoms with van der Waals surface area (Å²) < 4.78 is 7.78. The fourth-order valence-corrected chi connectivity index (χ4v) is 4.23. The highest BCUT2D eigenvalue weighted by molar-refractivity contribution is 6.03. The van der Waals surface area contributed by atoms with E-state index in [9.17, 15) is 4.79 Å². The molecule has 2 aliphatic rings. The third-order valence-electron chi connectivity index (χ3n) is 6.12. The summed E-state index contributed by atoms with van der Waals surface area (Å²) in [5, 5.41) is 7.69. The molecule has 1 saturated carbocycles. The molecule has 0 spiro atoms. The average Bonchev–Trinajstić information content (AvgIpc) is 3.64. The highest BCUT2D eigenvalue weighted by Gasteiger charge is 2.28. The van der Waals surface area contributed by atoms with E-state index in [0.717, 1.165) is 33.7 Å². The van der Waals surface area contributed by atoms with Crippen LogP contribution in [-0.4, -0.2) is 32.2 Å². The molecule has 1 amide bonds. The lowest BCUT2D eigenvalue weighted by molar-refractivity contribution is 0.0925. The fraction of sp³-hybridized carbons (Fsp3) is 0.231. The summed E-state index contributed by atoms with van der Waals surface area (Å²) >= 11 is 0. The van der Waals surface area contributed by atoms with Gasteiger partial charge in [0.1, 0.15) is 23.7 Å². The second kappa shape index (κ2) is 8.16. The van der Waals surface area contributed by atoms with E-state index in [1.165, 1.54) is 18.5 Å². The molecule has 164 valence electrons. The zero-order valence-corrected chi connectivity index (χ0v) is 18.1. The Morgan fingerprint density at radius 3 is 2.55 bits per heavy atom. The maximum atomic E-state index is 12.7. The molecule has 7 nitrogen and oxygen atoms in total. The number of benzene rings is 1. The molecule has 1 aliphatic heterocycles. The summed E-state index contributed by atoms with van der Waals surface area (Å²) in [7, 11) is 0. The van der Waals surface area contributed by atoms with E-state index in [0.29, 0.717) is 31.3 Å². The molecule has 1 fully saturated rings. The molecule has 1 N–H and O–H groups in total. The van der Waals surface area contributed by atoms with Crippen molar-refractivity contribution in [2.24, 2.45) is 0 Å². The van der Waals surface area contributed by atoms with Crippen molar-refractivity contribution in [1.82, 2.24) is 25.1 Å². The highest BCUT2D eigenvalue weighted by atomic mass is 16.5. The highest BCUT2D eigenvalue weighted by Crippen LogP contribution is 2.39. The van der Waals surface area contributed by atoms with E-state index < -0.39 is 0 Å². The smallest absolute Gasteiger partial charge is 0.270 e. The Morgan fingerprint density at radius 1 is 1.00 bits per heavy atom. The summed E-state index contributed by atoms with van der Waals surface area (Å²) in [6.07, 6.45) is 7.88. The molecule has 0 radical (unpaired) electrons. The number of aromatic nitrogens is 4. The molecule has 0 atom stereocenters. The van der Waals surface area contributed by atoms with Crippen molar-refractivity contribution in [3.05, 3.63) is 84.1 Å². The summed E-state index contributed by atoms with van der Waals surface area (Å²) in [6.45, 7) is 1.69. The van der Waals surface area contributed by atoms with Crippen LogP contribution in [0.2, 0.25) is 0 Å². The van der Waals surface area contributed by atoms with Crippen LogP contribution < -0.4 is 10.1 Å². The molecule has 4 aromatic rings. The first kappa shape index (κ1) is 19.7. The Labute approximate surface area is 191 Å². The van der Waals surface area contributed by atoms with Gasteiger partial charge >= 0.3 is 0 Å². The number of hydrogen-bond donors (Lipinski definition) is 1. The lowest BCUT2D eigenvalue weighted by Crippen LogP contribution is -2.35. The molecule has 7 heteroatoms. The Balaban J connectivity index is 1.27. The first-order valence-corrected chi connectivity index (χ1v) is 11.2. The van der Waals surface area contributed by atoms with Crippen molar-refractivity contribution >= 4 is 5.91 Å². The number of nitrogens with one attached hydrogen (secondary N) is 1. The van der Waals surface area contributed by atoms with Gasteiger partial charge < -0.3 is 10.1 Å². The van der Waals surface area contributed by atoms with Gasteiger partial charge in [0.05, 0.1) is 6.54 Å². The van der Waals surface area contributed by atoms with Gasteiger partial charge in [-0.2, -0.15) is 5.10 Å². The van der Waals surface area contributed by atoms with Crippen LogP contribution in [0.15, 0.2) is 67.1 Å². The quantitative estimate of drug-likeness (QED) is 0.489.